The topological polar surface area (TPSA) is 139 Å². The minimum atomic E-state index is -1.90. The van der Waals surface area contributed by atoms with Crippen LogP contribution in [0.3, 0.4) is 0 Å². The van der Waals surface area contributed by atoms with Crippen LogP contribution < -0.4 is 0 Å². The van der Waals surface area contributed by atoms with Gasteiger partial charge in [0.25, 0.3) is 0 Å². The van der Waals surface area contributed by atoms with Gasteiger partial charge in [-0.1, -0.05) is 13.2 Å². The van der Waals surface area contributed by atoms with Crippen molar-refractivity contribution < 1.29 is 51.7 Å². The van der Waals surface area contributed by atoms with Crippen LogP contribution in [0, 0.1) is 0 Å². The van der Waals surface area contributed by atoms with Crippen molar-refractivity contribution in [1.29, 1.82) is 0 Å². The first-order valence-electron chi connectivity index (χ1n) is 15.5. The Labute approximate surface area is 269 Å². The molecule has 2 heterocycles. The normalized spacial score (nSPS) is 18.5. The summed E-state index contributed by atoms with van der Waals surface area (Å²) in [5.74, 6) is -0.954. The molecule has 2 amide bonds. The summed E-state index contributed by atoms with van der Waals surface area (Å²) in [5.41, 5.74) is 0.633. The highest BCUT2D eigenvalue weighted by atomic mass is 28.4. The smallest absolute Gasteiger partial charge is 0.410 e. The van der Waals surface area contributed by atoms with Crippen molar-refractivity contribution in [3.63, 3.8) is 0 Å². The number of amides is 2. The molecule has 2 rings (SSSR count). The van der Waals surface area contributed by atoms with Crippen LogP contribution in [-0.2, 0) is 42.1 Å². The molecule has 0 spiro atoms. The van der Waals surface area contributed by atoms with Crippen molar-refractivity contribution in [1.82, 2.24) is 9.80 Å². The first-order chi connectivity index (χ1) is 21.1. The summed E-state index contributed by atoms with van der Waals surface area (Å²) in [5, 5.41) is 0. The molecule has 2 fully saturated rings. The second kappa shape index (κ2) is 18.4. The summed E-state index contributed by atoms with van der Waals surface area (Å²) in [6.07, 6.45) is 0.172. The Hall–Kier alpha value is -2.73. The fourth-order valence-corrected chi connectivity index (χ4v) is 13.7. The van der Waals surface area contributed by atoms with Gasteiger partial charge in [-0.05, 0) is 65.0 Å². The number of nitrogens with zero attached hydrogens (tertiary/aromatic N) is 2. The third kappa shape index (κ3) is 14.9. The van der Waals surface area contributed by atoms with Gasteiger partial charge in [-0.3, -0.25) is 0 Å². The van der Waals surface area contributed by atoms with E-state index in [1.54, 1.807) is 13.8 Å². The maximum atomic E-state index is 12.0. The Balaban J connectivity index is 1.54. The zero-order valence-electron chi connectivity index (χ0n) is 27.9. The van der Waals surface area contributed by atoms with Gasteiger partial charge in [0.2, 0.25) is 0 Å². The molecule has 0 aromatic carbocycles. The van der Waals surface area contributed by atoms with Gasteiger partial charge in [0, 0.05) is 24.4 Å². The first kappa shape index (κ1) is 38.5. The summed E-state index contributed by atoms with van der Waals surface area (Å²) >= 11 is 0. The molecule has 15 heteroatoms. The van der Waals surface area contributed by atoms with Gasteiger partial charge >= 0.3 is 24.1 Å². The summed E-state index contributed by atoms with van der Waals surface area (Å²) in [7, 11) is -3.81. The molecule has 45 heavy (non-hydrogen) atoms. The van der Waals surface area contributed by atoms with E-state index in [4.69, 9.17) is 32.5 Å². The second-order valence-electron chi connectivity index (χ2n) is 12.7. The highest BCUT2D eigenvalue weighted by Crippen LogP contribution is 2.24. The number of esters is 2. The van der Waals surface area contributed by atoms with E-state index in [2.05, 4.69) is 39.3 Å². The number of rotatable bonds is 22. The number of ether oxygens (including phenoxy) is 6. The quantitative estimate of drug-likeness (QED) is 0.0540. The van der Waals surface area contributed by atoms with Crippen molar-refractivity contribution in [3.8, 4) is 0 Å². The Morgan fingerprint density at radius 3 is 1.47 bits per heavy atom. The zero-order valence-corrected chi connectivity index (χ0v) is 29.9. The van der Waals surface area contributed by atoms with Gasteiger partial charge in [-0.25, -0.2) is 19.2 Å². The van der Waals surface area contributed by atoms with Gasteiger partial charge in [0.15, 0.2) is 16.6 Å². The average molecular weight is 673 g/mol. The van der Waals surface area contributed by atoms with E-state index < -0.39 is 40.8 Å². The molecule has 2 saturated heterocycles. The largest absolute Gasteiger partial charge is 0.460 e. The molecule has 0 aliphatic carbocycles. The van der Waals surface area contributed by atoms with Crippen LogP contribution in [0.2, 0.25) is 38.3 Å². The molecule has 0 aromatic rings. The highest BCUT2D eigenvalue weighted by molar-refractivity contribution is 6.84. The van der Waals surface area contributed by atoms with Gasteiger partial charge < -0.3 is 42.3 Å². The van der Waals surface area contributed by atoms with Crippen molar-refractivity contribution in [2.45, 2.75) is 77.2 Å². The summed E-state index contributed by atoms with van der Waals surface area (Å²) in [4.78, 5) is 50.1. The number of hydrogen-bond donors (Lipinski definition) is 0. The lowest BCUT2D eigenvalue weighted by Crippen LogP contribution is -2.44. The standard InChI is InChI=1S/C30H52N2O11Si2/c1-23(2)27(33)39-15-11-31-19-25(41-29(31)35)21-37-13-9-17-44(5,6)43-45(7,8)18-10-14-38-22-26-20-32(30(36)42-26)12-16-40-28(34)24(3)4/h25-26H,1,3,9-22H2,2,4-8H3. The Bertz CT molecular complexity index is 973. The molecule has 2 aliphatic heterocycles. The summed E-state index contributed by atoms with van der Waals surface area (Å²) < 4.78 is 39.1. The van der Waals surface area contributed by atoms with E-state index in [0.29, 0.717) is 50.7 Å². The van der Waals surface area contributed by atoms with Crippen molar-refractivity contribution in [2.24, 2.45) is 0 Å². The van der Waals surface area contributed by atoms with E-state index in [-0.39, 0.29) is 38.5 Å². The van der Waals surface area contributed by atoms with E-state index >= 15 is 0 Å². The molecule has 0 radical (unpaired) electrons. The number of carbonyl (C=O) groups is 4. The lowest BCUT2D eigenvalue weighted by molar-refractivity contribution is -0.140. The Morgan fingerprint density at radius 1 is 0.733 bits per heavy atom. The lowest BCUT2D eigenvalue weighted by Gasteiger charge is -2.34. The van der Waals surface area contributed by atoms with E-state index in [9.17, 15) is 19.2 Å². The monoisotopic (exact) mass is 672 g/mol. The van der Waals surface area contributed by atoms with Crippen LogP contribution in [0.1, 0.15) is 26.7 Å². The van der Waals surface area contributed by atoms with Crippen LogP contribution in [0.4, 0.5) is 9.59 Å². The number of cyclic esters (lactones) is 2. The van der Waals surface area contributed by atoms with E-state index in [1.165, 1.54) is 9.80 Å². The molecule has 0 saturated carbocycles. The second-order valence-corrected chi connectivity index (χ2v) is 21.6. The Morgan fingerprint density at radius 2 is 1.11 bits per heavy atom. The number of hydrogen-bond acceptors (Lipinski definition) is 11. The molecule has 2 aliphatic rings. The SMILES string of the molecule is C=C(C)C(=O)OCCN1CC(COCCC[Si](C)(C)O[Si](C)(C)CCCOCC2CN(CCOC(=O)C(=C)C)C(=O)O2)OC1=O. The lowest BCUT2D eigenvalue weighted by atomic mass is 10.3. The molecule has 256 valence electrons. The van der Waals surface area contributed by atoms with Crippen LogP contribution in [0.25, 0.3) is 0 Å². The summed E-state index contributed by atoms with van der Waals surface area (Å²) in [6.45, 7) is 22.4. The van der Waals surface area contributed by atoms with Crippen LogP contribution in [0.15, 0.2) is 24.3 Å². The van der Waals surface area contributed by atoms with Crippen molar-refractivity contribution in [3.05, 3.63) is 24.3 Å². The molecule has 13 nitrogen and oxygen atoms in total. The molecule has 0 aromatic heterocycles. The third-order valence-corrected chi connectivity index (χ3v) is 14.6. The van der Waals surface area contributed by atoms with Crippen molar-refractivity contribution >= 4 is 40.8 Å². The molecule has 2 unspecified atom stereocenters. The fraction of sp³-hybridized carbons (Fsp3) is 0.733. The van der Waals surface area contributed by atoms with E-state index in [0.717, 1.165) is 24.9 Å². The van der Waals surface area contributed by atoms with Crippen LogP contribution in [-0.4, -0.2) is 129 Å². The predicted octanol–water partition coefficient (Wildman–Crippen LogP) is 4.11. The predicted molar refractivity (Wildman–Crippen MR) is 172 cm³/mol. The van der Waals surface area contributed by atoms with Crippen LogP contribution in [0.5, 0.6) is 0 Å². The van der Waals surface area contributed by atoms with Crippen LogP contribution >= 0.6 is 0 Å². The molecule has 0 N–H and O–H groups in total. The molecular formula is C30H52N2O11Si2. The minimum absolute atomic E-state index is 0.0935. The summed E-state index contributed by atoms with van der Waals surface area (Å²) in [6, 6.07) is 1.92. The Kier molecular flexibility index (Phi) is 15.7. The first-order valence-corrected chi connectivity index (χ1v) is 21.7. The molecule has 2 atom stereocenters. The van der Waals surface area contributed by atoms with E-state index in [1.807, 2.05) is 0 Å². The zero-order chi connectivity index (χ0) is 33.6. The molecule has 0 bridgehead atoms. The maximum Gasteiger partial charge on any atom is 0.410 e. The van der Waals surface area contributed by atoms with Gasteiger partial charge in [-0.15, -0.1) is 0 Å². The minimum Gasteiger partial charge on any atom is -0.460 e. The van der Waals surface area contributed by atoms with Gasteiger partial charge in [0.1, 0.15) is 25.4 Å². The maximum absolute atomic E-state index is 12.0. The average Bonchev–Trinajstić information content (AvgIpc) is 3.47. The molecular weight excluding hydrogens is 621 g/mol. The highest BCUT2D eigenvalue weighted by Gasteiger charge is 2.34. The third-order valence-electron chi connectivity index (χ3n) is 7.08. The van der Waals surface area contributed by atoms with Gasteiger partial charge in [0.05, 0.1) is 39.4 Å². The van der Waals surface area contributed by atoms with Gasteiger partial charge in [-0.2, -0.15) is 0 Å². The number of carbonyl (C=O) groups excluding carboxylic acids is 4. The van der Waals surface area contributed by atoms with Crippen molar-refractivity contribution in [2.75, 3.05) is 65.8 Å². The fourth-order valence-electron chi connectivity index (χ4n) is 4.91.